The highest BCUT2D eigenvalue weighted by Gasteiger charge is 2.22. The topological polar surface area (TPSA) is 48.1 Å². The first kappa shape index (κ1) is 15.0. The molecule has 4 nitrogen and oxygen atoms in total. The lowest BCUT2D eigenvalue weighted by molar-refractivity contribution is 0.328. The van der Waals surface area contributed by atoms with Crippen molar-refractivity contribution in [3.8, 4) is 0 Å². The van der Waals surface area contributed by atoms with Gasteiger partial charge in [0.05, 0.1) is 0 Å². The van der Waals surface area contributed by atoms with Crippen LogP contribution in [0.1, 0.15) is 12.0 Å². The number of nitrogens with zero attached hydrogens (tertiary/aromatic N) is 1. The lowest BCUT2D eigenvalue weighted by Gasteiger charge is -2.17. The molecule has 4 rings (SSSR count). The number of nitrogens with one attached hydrogen (secondary N) is 2. The van der Waals surface area contributed by atoms with Gasteiger partial charge in [0.15, 0.2) is 0 Å². The summed E-state index contributed by atoms with van der Waals surface area (Å²) in [6, 6.07) is 19.0. The predicted octanol–water partition coefficient (Wildman–Crippen LogP) is 3.21. The van der Waals surface area contributed by atoms with Crippen molar-refractivity contribution in [2.75, 3.05) is 18.4 Å². The molecule has 1 atom stereocenters. The number of benzene rings is 2. The van der Waals surface area contributed by atoms with E-state index in [0.29, 0.717) is 6.04 Å². The number of fused-ring (bicyclic) bond motifs is 1. The lowest BCUT2D eigenvalue weighted by atomic mass is 10.1. The highest BCUT2D eigenvalue weighted by Crippen LogP contribution is 2.20. The molecule has 122 valence electrons. The van der Waals surface area contributed by atoms with Gasteiger partial charge < -0.3 is 10.3 Å². The number of aromatic nitrogens is 1. The number of hydrogen-bond acceptors (Lipinski definition) is 3. The Morgan fingerprint density at radius 2 is 2.00 bits per heavy atom. The maximum absolute atomic E-state index is 11.8. The molecule has 1 aliphatic rings. The molecule has 1 aromatic heterocycles. The summed E-state index contributed by atoms with van der Waals surface area (Å²) in [4.78, 5) is 17.0. The molecule has 1 unspecified atom stereocenters. The van der Waals surface area contributed by atoms with Crippen molar-refractivity contribution in [1.82, 2.24) is 9.88 Å². The molecule has 3 aromatic rings. The fourth-order valence-electron chi connectivity index (χ4n) is 3.45. The van der Waals surface area contributed by atoms with Crippen molar-refractivity contribution in [2.45, 2.75) is 19.0 Å². The molecule has 1 fully saturated rings. The number of likely N-dealkylation sites (tertiary alicyclic amines) is 1. The fraction of sp³-hybridized carbons (Fsp3) is 0.250. The third kappa shape index (κ3) is 3.19. The molecule has 0 aliphatic carbocycles. The maximum atomic E-state index is 11.8. The second-order valence-corrected chi connectivity index (χ2v) is 6.46. The summed E-state index contributed by atoms with van der Waals surface area (Å²) in [5, 5.41) is 5.33. The van der Waals surface area contributed by atoms with Crippen LogP contribution in [0.25, 0.3) is 10.8 Å². The normalized spacial score (nSPS) is 18.1. The van der Waals surface area contributed by atoms with E-state index in [1.165, 1.54) is 5.56 Å². The van der Waals surface area contributed by atoms with Gasteiger partial charge in [0, 0.05) is 42.9 Å². The van der Waals surface area contributed by atoms with E-state index < -0.39 is 0 Å². The third-order valence-electron chi connectivity index (χ3n) is 4.67. The standard InChI is InChI=1S/C20H21N3O/c24-20-19-7-6-17(12-16(19)8-10-21-20)22-18-9-11-23(14-18)13-15-4-2-1-3-5-15/h1-8,10,12,18,22H,9,11,13-14H2,(H,21,24). The first-order valence-electron chi connectivity index (χ1n) is 8.42. The van der Waals surface area contributed by atoms with E-state index in [9.17, 15) is 4.79 Å². The zero-order valence-corrected chi connectivity index (χ0v) is 13.5. The van der Waals surface area contributed by atoms with Gasteiger partial charge in [-0.2, -0.15) is 0 Å². The highest BCUT2D eigenvalue weighted by molar-refractivity contribution is 5.84. The van der Waals surface area contributed by atoms with Gasteiger partial charge >= 0.3 is 0 Å². The summed E-state index contributed by atoms with van der Waals surface area (Å²) in [6.45, 7) is 3.16. The van der Waals surface area contributed by atoms with Crippen LogP contribution in [0, 0.1) is 0 Å². The van der Waals surface area contributed by atoms with Gasteiger partial charge in [0.25, 0.3) is 5.56 Å². The Bertz CT molecular complexity index is 888. The average Bonchev–Trinajstić information content (AvgIpc) is 3.03. The molecular formula is C20H21N3O. The van der Waals surface area contributed by atoms with Crippen LogP contribution in [0.4, 0.5) is 5.69 Å². The molecule has 0 bridgehead atoms. The van der Waals surface area contributed by atoms with Gasteiger partial charge in [0.2, 0.25) is 0 Å². The van der Waals surface area contributed by atoms with Crippen LogP contribution >= 0.6 is 0 Å². The van der Waals surface area contributed by atoms with Crippen molar-refractivity contribution in [2.24, 2.45) is 0 Å². The molecule has 0 radical (unpaired) electrons. The van der Waals surface area contributed by atoms with E-state index >= 15 is 0 Å². The minimum absolute atomic E-state index is 0.0334. The zero-order valence-electron chi connectivity index (χ0n) is 13.5. The number of H-pyrrole nitrogens is 1. The van der Waals surface area contributed by atoms with Gasteiger partial charge in [-0.1, -0.05) is 30.3 Å². The van der Waals surface area contributed by atoms with Crippen molar-refractivity contribution >= 4 is 16.5 Å². The Balaban J connectivity index is 1.42. The first-order chi connectivity index (χ1) is 11.8. The van der Waals surface area contributed by atoms with E-state index in [-0.39, 0.29) is 5.56 Å². The summed E-state index contributed by atoms with van der Waals surface area (Å²) in [6.07, 6.45) is 2.84. The minimum atomic E-state index is -0.0334. The molecule has 0 amide bonds. The van der Waals surface area contributed by atoms with Gasteiger partial charge in [-0.25, -0.2) is 0 Å². The predicted molar refractivity (Wildman–Crippen MR) is 98.3 cm³/mol. The van der Waals surface area contributed by atoms with Crippen molar-refractivity contribution in [3.63, 3.8) is 0 Å². The Hall–Kier alpha value is -2.59. The molecule has 1 saturated heterocycles. The second-order valence-electron chi connectivity index (χ2n) is 6.46. The summed E-state index contributed by atoms with van der Waals surface area (Å²) < 4.78 is 0. The molecule has 4 heteroatoms. The summed E-state index contributed by atoms with van der Waals surface area (Å²) >= 11 is 0. The Labute approximate surface area is 141 Å². The van der Waals surface area contributed by atoms with Crippen molar-refractivity contribution in [3.05, 3.63) is 76.7 Å². The van der Waals surface area contributed by atoms with Crippen LogP contribution in [0.5, 0.6) is 0 Å². The summed E-state index contributed by atoms with van der Waals surface area (Å²) in [7, 11) is 0. The Morgan fingerprint density at radius 1 is 1.12 bits per heavy atom. The number of pyridine rings is 1. The molecule has 2 aromatic carbocycles. The largest absolute Gasteiger partial charge is 0.381 e. The average molecular weight is 319 g/mol. The smallest absolute Gasteiger partial charge is 0.255 e. The first-order valence-corrected chi connectivity index (χ1v) is 8.42. The van der Waals surface area contributed by atoms with Crippen LogP contribution < -0.4 is 10.9 Å². The molecule has 2 heterocycles. The van der Waals surface area contributed by atoms with E-state index in [1.54, 1.807) is 6.20 Å². The Kier molecular flexibility index (Phi) is 4.05. The molecule has 2 N–H and O–H groups in total. The van der Waals surface area contributed by atoms with E-state index in [2.05, 4.69) is 51.6 Å². The van der Waals surface area contributed by atoms with Crippen molar-refractivity contribution < 1.29 is 0 Å². The number of hydrogen-bond donors (Lipinski definition) is 2. The molecule has 0 saturated carbocycles. The van der Waals surface area contributed by atoms with Gasteiger partial charge in [-0.05, 0) is 41.6 Å². The van der Waals surface area contributed by atoms with E-state index in [1.807, 2.05) is 18.2 Å². The lowest BCUT2D eigenvalue weighted by Crippen LogP contribution is -2.25. The number of rotatable bonds is 4. The quantitative estimate of drug-likeness (QED) is 0.776. The highest BCUT2D eigenvalue weighted by atomic mass is 16.1. The van der Waals surface area contributed by atoms with Gasteiger partial charge in [-0.15, -0.1) is 0 Å². The maximum Gasteiger partial charge on any atom is 0.255 e. The van der Waals surface area contributed by atoms with Crippen molar-refractivity contribution in [1.29, 1.82) is 0 Å². The van der Waals surface area contributed by atoms with Crippen LogP contribution in [0.15, 0.2) is 65.6 Å². The molecular weight excluding hydrogens is 298 g/mol. The van der Waals surface area contributed by atoms with Crippen LogP contribution in [-0.4, -0.2) is 29.0 Å². The molecule has 1 aliphatic heterocycles. The van der Waals surface area contributed by atoms with Crippen LogP contribution in [0.3, 0.4) is 0 Å². The van der Waals surface area contributed by atoms with E-state index in [4.69, 9.17) is 0 Å². The Morgan fingerprint density at radius 3 is 2.88 bits per heavy atom. The van der Waals surface area contributed by atoms with Gasteiger partial charge in [-0.3, -0.25) is 9.69 Å². The van der Waals surface area contributed by atoms with E-state index in [0.717, 1.165) is 42.5 Å². The number of aromatic amines is 1. The summed E-state index contributed by atoms with van der Waals surface area (Å²) in [5.41, 5.74) is 2.41. The minimum Gasteiger partial charge on any atom is -0.381 e. The number of anilines is 1. The zero-order chi connectivity index (χ0) is 16.4. The fourth-order valence-corrected chi connectivity index (χ4v) is 3.45. The monoisotopic (exact) mass is 319 g/mol. The molecule has 24 heavy (non-hydrogen) atoms. The van der Waals surface area contributed by atoms with Crippen LogP contribution in [0.2, 0.25) is 0 Å². The second kappa shape index (κ2) is 6.49. The van der Waals surface area contributed by atoms with Gasteiger partial charge in [0.1, 0.15) is 0 Å². The third-order valence-corrected chi connectivity index (χ3v) is 4.67. The summed E-state index contributed by atoms with van der Waals surface area (Å²) in [5.74, 6) is 0. The van der Waals surface area contributed by atoms with Crippen LogP contribution in [-0.2, 0) is 6.54 Å². The molecule has 0 spiro atoms. The SMILES string of the molecule is O=c1[nH]ccc2cc(NC3CCN(Cc4ccccc4)C3)ccc12.